The van der Waals surface area contributed by atoms with Crippen molar-refractivity contribution in [1.82, 2.24) is 10.0 Å². The lowest BCUT2D eigenvalue weighted by Gasteiger charge is -2.33. The molecule has 0 radical (unpaired) electrons. The lowest BCUT2D eigenvalue weighted by molar-refractivity contribution is -0.148. The second-order valence-electron chi connectivity index (χ2n) is 9.47. The van der Waals surface area contributed by atoms with Gasteiger partial charge in [-0.1, -0.05) is 31.5 Å². The van der Waals surface area contributed by atoms with Gasteiger partial charge in [-0.25, -0.2) is 4.79 Å². The number of ether oxygens (including phenoxy) is 2. The molecule has 2 atom stereocenters. The highest BCUT2D eigenvalue weighted by molar-refractivity contribution is 7.89. The van der Waals surface area contributed by atoms with E-state index in [0.717, 1.165) is 16.7 Å². The Hall–Kier alpha value is -1.77. The molecule has 2 N–H and O–H groups in total. The van der Waals surface area contributed by atoms with Crippen molar-refractivity contribution in [2.45, 2.75) is 85.3 Å². The first-order chi connectivity index (χ1) is 14.2. The first kappa shape index (κ1) is 27.3. The van der Waals surface area contributed by atoms with Gasteiger partial charge in [-0.05, 0) is 60.3 Å². The zero-order valence-electron chi connectivity index (χ0n) is 20.3. The van der Waals surface area contributed by atoms with E-state index in [1.165, 1.54) is 0 Å². The van der Waals surface area contributed by atoms with Crippen LogP contribution in [0.4, 0.5) is 4.79 Å². The molecule has 0 fully saturated rings. The average molecular weight is 455 g/mol. The minimum absolute atomic E-state index is 0.221. The molecule has 31 heavy (non-hydrogen) atoms. The Bertz CT molecular complexity index is 751. The first-order valence-electron chi connectivity index (χ1n) is 10.6. The lowest BCUT2D eigenvalue weighted by atomic mass is 9.81. The quantitative estimate of drug-likeness (QED) is 0.430. The van der Waals surface area contributed by atoms with Gasteiger partial charge in [-0.2, -0.15) is 0 Å². The predicted octanol–water partition coefficient (Wildman–Crippen LogP) is 4.10. The van der Waals surface area contributed by atoms with E-state index in [4.69, 9.17) is 9.47 Å². The van der Waals surface area contributed by atoms with Crippen LogP contribution in [0.3, 0.4) is 0 Å². The van der Waals surface area contributed by atoms with E-state index in [0.29, 0.717) is 17.9 Å². The molecule has 0 saturated heterocycles. The molecule has 0 aliphatic carbocycles. The second-order valence-corrected chi connectivity index (χ2v) is 10.6. The molecule has 0 bridgehead atoms. The van der Waals surface area contributed by atoms with Gasteiger partial charge < -0.3 is 19.3 Å². The fraction of sp³-hybridized carbons (Fsp3) is 0.652. The summed E-state index contributed by atoms with van der Waals surface area (Å²) in [7, 11) is 0. The maximum atomic E-state index is 13.2. The van der Waals surface area contributed by atoms with E-state index >= 15 is 0 Å². The largest absolute Gasteiger partial charge is 0.593 e. The van der Waals surface area contributed by atoms with Gasteiger partial charge in [0, 0.05) is 17.7 Å². The fourth-order valence-corrected chi connectivity index (χ4v) is 4.77. The molecule has 0 saturated carbocycles. The number of amides is 1. The van der Waals surface area contributed by atoms with Crippen LogP contribution in [0.15, 0.2) is 17.0 Å². The topological polar surface area (TPSA) is 99.7 Å². The highest BCUT2D eigenvalue weighted by Gasteiger charge is 2.40. The number of alkyl carbamates (subject to hydrolysis) is 1. The molecular weight excluding hydrogens is 416 g/mol. The van der Waals surface area contributed by atoms with Crippen molar-refractivity contribution in [3.63, 3.8) is 0 Å². The van der Waals surface area contributed by atoms with Crippen LogP contribution >= 0.6 is 0 Å². The van der Waals surface area contributed by atoms with Crippen molar-refractivity contribution in [3.05, 3.63) is 28.8 Å². The number of hydrogen-bond acceptors (Lipinski definition) is 6. The normalized spacial score (nSPS) is 14.0. The van der Waals surface area contributed by atoms with Gasteiger partial charge in [0.25, 0.3) is 0 Å². The summed E-state index contributed by atoms with van der Waals surface area (Å²) in [5, 5.41) is 2.71. The number of carbonyl (C=O) groups is 2. The molecule has 0 aromatic heterocycles. The standard InChI is InChI=1S/C23H38N2O5S/c1-10-29-20(26)19(23(8,9)11-12-24-21(27)30-22(5,6)7)25-31(28)18-16(3)13-15(2)14-17(18)4/h13-14,19,25H,10-12H2,1-9H3,(H,24,27)/t19-,31?/m1/s1. The van der Waals surface area contributed by atoms with Crippen LogP contribution in [0.5, 0.6) is 0 Å². The van der Waals surface area contributed by atoms with Crippen LogP contribution in [-0.4, -0.2) is 41.4 Å². The van der Waals surface area contributed by atoms with Crippen molar-refractivity contribution in [1.29, 1.82) is 0 Å². The van der Waals surface area contributed by atoms with Crippen molar-refractivity contribution in [3.8, 4) is 0 Å². The lowest BCUT2D eigenvalue weighted by Crippen LogP contribution is -2.52. The van der Waals surface area contributed by atoms with Gasteiger partial charge in [0.05, 0.1) is 18.0 Å². The number of aryl methyl sites for hydroxylation is 3. The molecule has 176 valence electrons. The van der Waals surface area contributed by atoms with Crippen LogP contribution < -0.4 is 10.0 Å². The molecule has 0 heterocycles. The zero-order chi connectivity index (χ0) is 24.0. The molecule has 1 rings (SSSR count). The van der Waals surface area contributed by atoms with E-state index in [-0.39, 0.29) is 6.61 Å². The van der Waals surface area contributed by atoms with Crippen molar-refractivity contribution < 1.29 is 23.6 Å². The van der Waals surface area contributed by atoms with Gasteiger partial charge in [0.2, 0.25) is 0 Å². The highest BCUT2D eigenvalue weighted by atomic mass is 32.2. The fourth-order valence-electron chi connectivity index (χ4n) is 3.32. The summed E-state index contributed by atoms with van der Waals surface area (Å²) in [5.74, 6) is -0.472. The molecule has 7 nitrogen and oxygen atoms in total. The third kappa shape index (κ3) is 8.71. The Morgan fingerprint density at radius 3 is 2.13 bits per heavy atom. The second kappa shape index (κ2) is 11.2. The van der Waals surface area contributed by atoms with E-state index in [2.05, 4.69) is 10.0 Å². The van der Waals surface area contributed by atoms with Crippen LogP contribution in [0, 0.1) is 26.2 Å². The number of rotatable bonds is 9. The molecule has 1 amide bonds. The molecule has 1 aromatic carbocycles. The molecule has 0 spiro atoms. The predicted molar refractivity (Wildman–Crippen MR) is 123 cm³/mol. The summed E-state index contributed by atoms with van der Waals surface area (Å²) in [4.78, 5) is 25.3. The maximum absolute atomic E-state index is 13.2. The first-order valence-corrected chi connectivity index (χ1v) is 11.7. The summed E-state index contributed by atoms with van der Waals surface area (Å²) in [5.41, 5.74) is 1.65. The molecule has 1 unspecified atom stereocenters. The molecule has 1 aromatic rings. The smallest absolute Gasteiger partial charge is 0.407 e. The molecular formula is C23H38N2O5S. The van der Waals surface area contributed by atoms with Gasteiger partial charge in [-0.3, -0.25) is 4.79 Å². The summed E-state index contributed by atoms with van der Waals surface area (Å²) in [6, 6.07) is 3.11. The van der Waals surface area contributed by atoms with E-state index in [9.17, 15) is 14.1 Å². The minimum atomic E-state index is -1.61. The number of esters is 1. The van der Waals surface area contributed by atoms with E-state index < -0.39 is 40.5 Å². The van der Waals surface area contributed by atoms with Crippen molar-refractivity contribution in [2.24, 2.45) is 5.41 Å². The number of carbonyl (C=O) groups excluding carboxylic acids is 2. The summed E-state index contributed by atoms with van der Waals surface area (Å²) in [6.07, 6.45) is -0.0652. The summed E-state index contributed by atoms with van der Waals surface area (Å²) in [6.45, 7) is 17.2. The summed E-state index contributed by atoms with van der Waals surface area (Å²) >= 11 is -1.61. The van der Waals surface area contributed by atoms with E-state index in [1.807, 2.05) is 46.8 Å². The number of hydrogen-bond donors (Lipinski definition) is 2. The van der Waals surface area contributed by atoms with Gasteiger partial charge in [0.15, 0.2) is 10.9 Å². The Morgan fingerprint density at radius 2 is 1.65 bits per heavy atom. The van der Waals surface area contributed by atoms with Crippen LogP contribution in [0.1, 0.15) is 64.7 Å². The SMILES string of the molecule is CCOC(=O)[C@@H](N[S+]([O-])c1c(C)cc(C)cc1C)C(C)(C)CCNC(=O)OC(C)(C)C. The molecule has 0 aliphatic rings. The number of nitrogens with one attached hydrogen (secondary N) is 2. The Labute approximate surface area is 190 Å². The number of benzene rings is 1. The maximum Gasteiger partial charge on any atom is 0.407 e. The minimum Gasteiger partial charge on any atom is -0.593 e. The van der Waals surface area contributed by atoms with Crippen LogP contribution in [0.2, 0.25) is 0 Å². The third-order valence-corrected chi connectivity index (χ3v) is 6.22. The van der Waals surface area contributed by atoms with Gasteiger partial charge >= 0.3 is 12.1 Å². The van der Waals surface area contributed by atoms with Gasteiger partial charge in [0.1, 0.15) is 5.60 Å². The van der Waals surface area contributed by atoms with Crippen molar-refractivity contribution >= 4 is 23.4 Å². The van der Waals surface area contributed by atoms with Crippen molar-refractivity contribution in [2.75, 3.05) is 13.2 Å². The molecule has 0 aliphatic heterocycles. The highest BCUT2D eigenvalue weighted by Crippen LogP contribution is 2.29. The van der Waals surface area contributed by atoms with Gasteiger partial charge in [-0.15, -0.1) is 4.72 Å². The Balaban J connectivity index is 2.97. The van der Waals surface area contributed by atoms with Crippen LogP contribution in [-0.2, 0) is 25.6 Å². The Kier molecular flexibility index (Phi) is 9.85. The van der Waals surface area contributed by atoms with E-state index in [1.54, 1.807) is 27.7 Å². The monoisotopic (exact) mass is 454 g/mol. The summed E-state index contributed by atoms with van der Waals surface area (Å²) < 4.78 is 26.7. The zero-order valence-corrected chi connectivity index (χ0v) is 21.1. The van der Waals surface area contributed by atoms with Crippen LogP contribution in [0.25, 0.3) is 0 Å². The Morgan fingerprint density at radius 1 is 1.10 bits per heavy atom. The third-order valence-electron chi connectivity index (χ3n) is 4.76. The average Bonchev–Trinajstić information content (AvgIpc) is 2.56. The molecule has 8 heteroatoms.